The van der Waals surface area contributed by atoms with Gasteiger partial charge in [0.25, 0.3) is 0 Å². The number of likely N-dealkylation sites (tertiary alicyclic amines) is 1. The first-order valence-corrected chi connectivity index (χ1v) is 10.7. The third-order valence-electron chi connectivity index (χ3n) is 5.42. The third kappa shape index (κ3) is 5.87. The first-order chi connectivity index (χ1) is 14.1. The number of anilines is 1. The van der Waals surface area contributed by atoms with Crippen LogP contribution in [0.3, 0.4) is 0 Å². The molecule has 1 heterocycles. The fourth-order valence-electron chi connectivity index (χ4n) is 4.01. The first-order valence-electron chi connectivity index (χ1n) is 10.7. The molecule has 3 rings (SSSR count). The van der Waals surface area contributed by atoms with Gasteiger partial charge in [-0.15, -0.1) is 0 Å². The predicted octanol–water partition coefficient (Wildman–Crippen LogP) is 3.88. The van der Waals surface area contributed by atoms with Gasteiger partial charge in [-0.2, -0.15) is 0 Å². The minimum absolute atomic E-state index is 0.170. The van der Waals surface area contributed by atoms with E-state index in [1.165, 1.54) is 5.56 Å². The molecule has 0 saturated carbocycles. The molecule has 2 aromatic carbocycles. The number of piperidine rings is 1. The molecule has 0 aliphatic carbocycles. The topological polar surface area (TPSA) is 68.0 Å². The van der Waals surface area contributed by atoms with Gasteiger partial charge in [-0.1, -0.05) is 37.3 Å². The summed E-state index contributed by atoms with van der Waals surface area (Å²) in [6.07, 6.45) is 2.18. The van der Waals surface area contributed by atoms with E-state index in [2.05, 4.69) is 36.1 Å². The van der Waals surface area contributed by atoms with Gasteiger partial charge in [0.05, 0.1) is 25.0 Å². The van der Waals surface area contributed by atoms with E-state index in [-0.39, 0.29) is 12.0 Å². The van der Waals surface area contributed by atoms with Gasteiger partial charge in [-0.05, 0) is 49.4 Å². The molecule has 1 fully saturated rings. The highest BCUT2D eigenvalue weighted by Gasteiger charge is 2.28. The van der Waals surface area contributed by atoms with Gasteiger partial charge in [-0.25, -0.2) is 0 Å². The molecule has 0 spiro atoms. The number of aliphatic hydroxyl groups excluding tert-OH is 1. The molecule has 0 radical (unpaired) electrons. The Balaban J connectivity index is 1.71. The zero-order valence-corrected chi connectivity index (χ0v) is 17.6. The third-order valence-corrected chi connectivity index (χ3v) is 5.42. The fraction of sp³-hybridized carbons (Fsp3) is 0.500. The molecule has 0 bridgehead atoms. The SMILES string of the molecule is CCCOc1c(N)cc(CC2CN(Cc3ccccc3)CCC2O)cc1OCC. The highest BCUT2D eigenvalue weighted by molar-refractivity contribution is 5.62. The van der Waals surface area contributed by atoms with Gasteiger partial charge >= 0.3 is 0 Å². The summed E-state index contributed by atoms with van der Waals surface area (Å²) in [5.41, 5.74) is 9.28. The summed E-state index contributed by atoms with van der Waals surface area (Å²) in [6, 6.07) is 14.5. The van der Waals surface area contributed by atoms with Crippen LogP contribution >= 0.6 is 0 Å². The maximum absolute atomic E-state index is 10.6. The van der Waals surface area contributed by atoms with Crippen LogP contribution in [-0.4, -0.2) is 42.4 Å². The summed E-state index contributed by atoms with van der Waals surface area (Å²) in [4.78, 5) is 2.43. The van der Waals surface area contributed by atoms with E-state index in [0.29, 0.717) is 30.4 Å². The molecule has 0 aromatic heterocycles. The van der Waals surface area contributed by atoms with Crippen molar-refractivity contribution in [1.82, 2.24) is 4.90 Å². The van der Waals surface area contributed by atoms with Crippen LogP contribution < -0.4 is 15.2 Å². The Labute approximate surface area is 174 Å². The number of ether oxygens (including phenoxy) is 2. The zero-order valence-electron chi connectivity index (χ0n) is 17.6. The second-order valence-electron chi connectivity index (χ2n) is 7.83. The monoisotopic (exact) mass is 398 g/mol. The summed E-state index contributed by atoms with van der Waals surface area (Å²) >= 11 is 0. The average molecular weight is 399 g/mol. The average Bonchev–Trinajstić information content (AvgIpc) is 2.71. The Hall–Kier alpha value is -2.24. The van der Waals surface area contributed by atoms with Crippen molar-refractivity contribution in [2.75, 3.05) is 32.0 Å². The highest BCUT2D eigenvalue weighted by Crippen LogP contribution is 2.36. The number of hydrogen-bond donors (Lipinski definition) is 2. The lowest BCUT2D eigenvalue weighted by atomic mass is 9.88. The fourth-order valence-corrected chi connectivity index (χ4v) is 4.01. The lowest BCUT2D eigenvalue weighted by Crippen LogP contribution is -2.43. The molecule has 0 amide bonds. The number of nitrogen functional groups attached to an aromatic ring is 1. The number of nitrogens with zero attached hydrogens (tertiary/aromatic N) is 1. The summed E-state index contributed by atoms with van der Waals surface area (Å²) in [7, 11) is 0. The zero-order chi connectivity index (χ0) is 20.6. The van der Waals surface area contributed by atoms with Crippen LogP contribution in [0.25, 0.3) is 0 Å². The molecule has 1 saturated heterocycles. The molecular formula is C24H34N2O3. The molecule has 2 aromatic rings. The number of aliphatic hydroxyl groups is 1. The van der Waals surface area contributed by atoms with Crippen molar-refractivity contribution in [3.05, 3.63) is 53.6 Å². The van der Waals surface area contributed by atoms with Gasteiger partial charge in [0.15, 0.2) is 11.5 Å². The molecule has 5 nitrogen and oxygen atoms in total. The minimum atomic E-state index is -0.296. The van der Waals surface area contributed by atoms with Crippen molar-refractivity contribution in [3.63, 3.8) is 0 Å². The van der Waals surface area contributed by atoms with Gasteiger partial charge in [0, 0.05) is 25.6 Å². The van der Waals surface area contributed by atoms with Crippen molar-refractivity contribution in [1.29, 1.82) is 0 Å². The van der Waals surface area contributed by atoms with E-state index in [9.17, 15) is 5.11 Å². The number of rotatable bonds is 9. The van der Waals surface area contributed by atoms with Crippen LogP contribution in [0.4, 0.5) is 5.69 Å². The Bertz CT molecular complexity index is 766. The Morgan fingerprint density at radius 1 is 1.10 bits per heavy atom. The van der Waals surface area contributed by atoms with Gasteiger partial charge in [-0.3, -0.25) is 4.90 Å². The second-order valence-corrected chi connectivity index (χ2v) is 7.83. The number of benzene rings is 2. The first kappa shape index (κ1) is 21.5. The summed E-state index contributed by atoms with van der Waals surface area (Å²) in [5.74, 6) is 1.50. The van der Waals surface area contributed by atoms with E-state index >= 15 is 0 Å². The molecule has 29 heavy (non-hydrogen) atoms. The molecule has 158 valence electrons. The minimum Gasteiger partial charge on any atom is -0.490 e. The predicted molar refractivity (Wildman–Crippen MR) is 117 cm³/mol. The lowest BCUT2D eigenvalue weighted by molar-refractivity contribution is 0.0239. The van der Waals surface area contributed by atoms with E-state index < -0.39 is 0 Å². The van der Waals surface area contributed by atoms with Crippen molar-refractivity contribution in [2.45, 2.75) is 45.8 Å². The van der Waals surface area contributed by atoms with Crippen molar-refractivity contribution < 1.29 is 14.6 Å². The van der Waals surface area contributed by atoms with E-state index in [1.54, 1.807) is 0 Å². The van der Waals surface area contributed by atoms with Crippen molar-refractivity contribution in [2.24, 2.45) is 5.92 Å². The van der Waals surface area contributed by atoms with Crippen LogP contribution in [0.15, 0.2) is 42.5 Å². The van der Waals surface area contributed by atoms with Crippen molar-refractivity contribution in [3.8, 4) is 11.5 Å². The molecule has 1 aliphatic heterocycles. The van der Waals surface area contributed by atoms with Gasteiger partial charge in [0.1, 0.15) is 0 Å². The quantitative estimate of drug-likeness (QED) is 0.628. The lowest BCUT2D eigenvalue weighted by Gasteiger charge is -2.36. The smallest absolute Gasteiger partial charge is 0.184 e. The molecule has 2 atom stereocenters. The van der Waals surface area contributed by atoms with Crippen LogP contribution in [-0.2, 0) is 13.0 Å². The Kier molecular flexibility index (Phi) is 7.78. The normalized spacial score (nSPS) is 19.8. The molecule has 3 N–H and O–H groups in total. The molecular weight excluding hydrogens is 364 g/mol. The van der Waals surface area contributed by atoms with E-state index in [4.69, 9.17) is 15.2 Å². The maximum Gasteiger partial charge on any atom is 0.184 e. The van der Waals surface area contributed by atoms with Crippen molar-refractivity contribution >= 4 is 5.69 Å². The van der Waals surface area contributed by atoms with Crippen LogP contribution in [0.5, 0.6) is 11.5 Å². The van der Waals surface area contributed by atoms with Crippen LogP contribution in [0, 0.1) is 5.92 Å². The largest absolute Gasteiger partial charge is 0.490 e. The van der Waals surface area contributed by atoms with E-state index in [0.717, 1.165) is 44.5 Å². The summed E-state index contributed by atoms with van der Waals surface area (Å²) in [5, 5.41) is 10.6. The summed E-state index contributed by atoms with van der Waals surface area (Å²) in [6.45, 7) is 7.90. The van der Waals surface area contributed by atoms with E-state index in [1.807, 2.05) is 25.1 Å². The van der Waals surface area contributed by atoms with Crippen LogP contribution in [0.2, 0.25) is 0 Å². The number of hydrogen-bond acceptors (Lipinski definition) is 5. The van der Waals surface area contributed by atoms with Crippen LogP contribution in [0.1, 0.15) is 37.8 Å². The number of nitrogens with two attached hydrogens (primary N) is 1. The molecule has 5 heteroatoms. The second kappa shape index (κ2) is 10.5. The molecule has 1 aliphatic rings. The Morgan fingerprint density at radius 3 is 2.62 bits per heavy atom. The summed E-state index contributed by atoms with van der Waals surface area (Å²) < 4.78 is 11.6. The van der Waals surface area contributed by atoms with Gasteiger partial charge < -0.3 is 20.3 Å². The molecule has 2 unspecified atom stereocenters. The Morgan fingerprint density at radius 2 is 1.90 bits per heavy atom. The van der Waals surface area contributed by atoms with Gasteiger partial charge in [0.2, 0.25) is 0 Å². The highest BCUT2D eigenvalue weighted by atomic mass is 16.5. The maximum atomic E-state index is 10.6. The standard InChI is InChI=1S/C24H34N2O3/c1-3-12-29-24-21(25)14-19(15-23(24)28-4-2)13-20-17-26(11-10-22(20)27)16-18-8-6-5-7-9-18/h5-9,14-15,20,22,27H,3-4,10-13,16-17,25H2,1-2H3.